The minimum absolute atomic E-state index is 0.233. The third kappa shape index (κ3) is 5.63. The number of halogens is 2. The van der Waals surface area contributed by atoms with Gasteiger partial charge in [-0.05, 0) is 66.7 Å². The van der Waals surface area contributed by atoms with E-state index >= 15 is 0 Å². The van der Waals surface area contributed by atoms with Crippen LogP contribution < -0.4 is 0 Å². The van der Waals surface area contributed by atoms with Crippen LogP contribution in [0.4, 0.5) is 10.5 Å². The molecule has 3 rings (SSSR count). The fourth-order valence-electron chi connectivity index (χ4n) is 3.78. The van der Waals surface area contributed by atoms with E-state index in [1.165, 1.54) is 0 Å². The van der Waals surface area contributed by atoms with Crippen molar-refractivity contribution in [2.45, 2.75) is 64.0 Å². The first kappa shape index (κ1) is 22.3. The molecule has 0 aliphatic carbocycles. The number of amides is 1. The van der Waals surface area contributed by atoms with E-state index in [9.17, 15) is 15.0 Å². The lowest BCUT2D eigenvalue weighted by Gasteiger charge is -2.40. The van der Waals surface area contributed by atoms with Crippen molar-refractivity contribution in [2.24, 2.45) is 4.99 Å². The Bertz CT molecular complexity index is 776. The fourth-order valence-corrected chi connectivity index (χ4v) is 4.30. The van der Waals surface area contributed by atoms with Crippen LogP contribution in [0, 0.1) is 0 Å². The zero-order valence-electron chi connectivity index (χ0n) is 16.6. The Kier molecular flexibility index (Phi) is 7.42. The van der Waals surface area contributed by atoms with Gasteiger partial charge in [-0.1, -0.05) is 11.6 Å². The third-order valence-electron chi connectivity index (χ3n) is 5.13. The summed E-state index contributed by atoms with van der Waals surface area (Å²) in [6, 6.07) is 3.27. The van der Waals surface area contributed by atoms with Crippen molar-refractivity contribution in [3.05, 3.63) is 27.2 Å². The lowest BCUT2D eigenvalue weighted by atomic mass is 9.94. The number of fused-ring (bicyclic) bond motifs is 1. The Morgan fingerprint density at radius 1 is 1.45 bits per heavy atom. The number of carbonyl (C=O) groups excluding carboxylic acids is 1. The predicted molar refractivity (Wildman–Crippen MR) is 116 cm³/mol. The van der Waals surface area contributed by atoms with Gasteiger partial charge in [0.15, 0.2) is 0 Å². The van der Waals surface area contributed by atoms with Gasteiger partial charge < -0.3 is 24.7 Å². The van der Waals surface area contributed by atoms with E-state index in [0.29, 0.717) is 37.5 Å². The molecule has 9 heteroatoms. The Labute approximate surface area is 184 Å². The Morgan fingerprint density at radius 2 is 2.21 bits per heavy atom. The molecule has 1 amide bonds. The second kappa shape index (κ2) is 9.64. The summed E-state index contributed by atoms with van der Waals surface area (Å²) in [7, 11) is 0. The highest BCUT2D eigenvalue weighted by Gasteiger charge is 2.36. The monoisotopic (exact) mass is 487 g/mol. The summed E-state index contributed by atoms with van der Waals surface area (Å²) in [6.07, 6.45) is 1.21. The first-order valence-electron chi connectivity index (χ1n) is 9.84. The number of aliphatic hydroxyl groups excluding tert-OH is 2. The molecule has 1 saturated heterocycles. The van der Waals surface area contributed by atoms with Gasteiger partial charge in [-0.2, -0.15) is 0 Å². The van der Waals surface area contributed by atoms with Crippen LogP contribution in [0.25, 0.3) is 0 Å². The minimum atomic E-state index is -0.735. The molecule has 0 saturated carbocycles. The van der Waals surface area contributed by atoms with Crippen LogP contribution in [-0.4, -0.2) is 69.9 Å². The summed E-state index contributed by atoms with van der Waals surface area (Å²) in [4.78, 5) is 20.3. The van der Waals surface area contributed by atoms with Crippen molar-refractivity contribution in [1.29, 1.82) is 0 Å². The van der Waals surface area contributed by atoms with Crippen molar-refractivity contribution >= 4 is 45.7 Å². The molecule has 1 aromatic carbocycles. The fraction of sp³-hybridized carbons (Fsp3) is 0.600. The van der Waals surface area contributed by atoms with Gasteiger partial charge in [-0.15, -0.1) is 0 Å². The number of likely N-dealkylation sites (tertiary alicyclic amines) is 1. The molecule has 0 bridgehead atoms. The van der Waals surface area contributed by atoms with E-state index in [1.54, 1.807) is 25.1 Å². The van der Waals surface area contributed by atoms with E-state index < -0.39 is 24.3 Å². The third-order valence-corrected chi connectivity index (χ3v) is 6.33. The lowest BCUT2D eigenvalue weighted by molar-refractivity contribution is -0.0223. The second-order valence-corrected chi connectivity index (χ2v) is 9.12. The van der Waals surface area contributed by atoms with Gasteiger partial charge >= 0.3 is 6.09 Å². The van der Waals surface area contributed by atoms with Crippen LogP contribution in [0.2, 0.25) is 5.02 Å². The SMILES string of the molecule is CC(C)OC(=O)N1CCC[C@H](O)[C@H]1CC(O)CN1C=Nc2cc(Br)c(Cl)cc2C1. The van der Waals surface area contributed by atoms with Crippen LogP contribution in [0.5, 0.6) is 0 Å². The topological polar surface area (TPSA) is 85.6 Å². The summed E-state index contributed by atoms with van der Waals surface area (Å²) in [5, 5.41) is 21.7. The van der Waals surface area contributed by atoms with Gasteiger partial charge in [0.1, 0.15) is 0 Å². The maximum atomic E-state index is 12.4. The minimum Gasteiger partial charge on any atom is -0.447 e. The first-order valence-corrected chi connectivity index (χ1v) is 11.0. The van der Waals surface area contributed by atoms with Crippen molar-refractivity contribution in [2.75, 3.05) is 13.1 Å². The van der Waals surface area contributed by atoms with Crippen molar-refractivity contribution in [1.82, 2.24) is 9.80 Å². The molecule has 2 aliphatic heterocycles. The maximum absolute atomic E-state index is 12.4. The molecule has 7 nitrogen and oxygen atoms in total. The van der Waals surface area contributed by atoms with Gasteiger partial charge in [0.05, 0.1) is 41.4 Å². The number of piperidine rings is 1. The number of ether oxygens (including phenoxy) is 1. The molecule has 160 valence electrons. The summed E-state index contributed by atoms with van der Waals surface area (Å²) >= 11 is 9.58. The van der Waals surface area contributed by atoms with Gasteiger partial charge in [0.2, 0.25) is 0 Å². The molecule has 0 radical (unpaired) electrons. The summed E-state index contributed by atoms with van der Waals surface area (Å²) < 4.78 is 6.10. The standard InChI is InChI=1S/C20H27BrClN3O4/c1-12(2)29-20(28)25-5-3-4-19(27)18(25)7-14(26)10-24-9-13-6-16(22)15(21)8-17(13)23-11-24/h6,8,11-12,14,18-19,26-27H,3-5,7,9-10H2,1-2H3/t14?,18-,19+/m1/s1. The summed E-state index contributed by atoms with van der Waals surface area (Å²) in [5.74, 6) is 0. The highest BCUT2D eigenvalue weighted by atomic mass is 79.9. The maximum Gasteiger partial charge on any atom is 0.410 e. The number of aliphatic hydroxyl groups is 2. The molecule has 1 fully saturated rings. The highest BCUT2D eigenvalue weighted by Crippen LogP contribution is 2.33. The van der Waals surface area contributed by atoms with E-state index in [1.807, 2.05) is 17.0 Å². The molecule has 0 spiro atoms. The average molecular weight is 489 g/mol. The number of hydrogen-bond acceptors (Lipinski definition) is 6. The molecule has 0 aromatic heterocycles. The van der Waals surface area contributed by atoms with Gasteiger partial charge in [-0.25, -0.2) is 9.79 Å². The number of hydrogen-bond donors (Lipinski definition) is 2. The van der Waals surface area contributed by atoms with Gasteiger partial charge in [-0.3, -0.25) is 0 Å². The van der Waals surface area contributed by atoms with Gasteiger partial charge in [0, 0.05) is 24.1 Å². The molecular weight excluding hydrogens is 462 g/mol. The second-order valence-electron chi connectivity index (χ2n) is 7.86. The largest absolute Gasteiger partial charge is 0.447 e. The van der Waals surface area contributed by atoms with Crippen LogP contribution in [-0.2, 0) is 11.3 Å². The van der Waals surface area contributed by atoms with Crippen LogP contribution >= 0.6 is 27.5 Å². The zero-order chi connectivity index (χ0) is 21.1. The van der Waals surface area contributed by atoms with Crippen molar-refractivity contribution < 1.29 is 19.7 Å². The van der Waals surface area contributed by atoms with Gasteiger partial charge in [0.25, 0.3) is 0 Å². The number of benzene rings is 1. The van der Waals surface area contributed by atoms with E-state index in [-0.39, 0.29) is 12.5 Å². The summed E-state index contributed by atoms with van der Waals surface area (Å²) in [6.45, 7) is 5.02. The Morgan fingerprint density at radius 3 is 2.93 bits per heavy atom. The van der Waals surface area contributed by atoms with Crippen molar-refractivity contribution in [3.63, 3.8) is 0 Å². The quantitative estimate of drug-likeness (QED) is 0.660. The molecule has 3 atom stereocenters. The molecule has 29 heavy (non-hydrogen) atoms. The normalized spacial score (nSPS) is 22.6. The molecule has 2 aliphatic rings. The number of nitrogens with zero attached hydrogens (tertiary/aromatic N) is 3. The first-order chi connectivity index (χ1) is 13.7. The van der Waals surface area contributed by atoms with Crippen molar-refractivity contribution in [3.8, 4) is 0 Å². The van der Waals surface area contributed by atoms with Crippen LogP contribution in [0.15, 0.2) is 21.6 Å². The van der Waals surface area contributed by atoms with Crippen LogP contribution in [0.1, 0.15) is 38.7 Å². The molecule has 1 aromatic rings. The predicted octanol–water partition coefficient (Wildman–Crippen LogP) is 3.70. The summed E-state index contributed by atoms with van der Waals surface area (Å²) in [5.41, 5.74) is 1.82. The van der Waals surface area contributed by atoms with E-state index in [0.717, 1.165) is 15.7 Å². The lowest BCUT2D eigenvalue weighted by Crippen LogP contribution is -2.53. The zero-order valence-corrected chi connectivity index (χ0v) is 18.9. The molecular formula is C20H27BrClN3O4. The average Bonchev–Trinajstić information content (AvgIpc) is 2.64. The highest BCUT2D eigenvalue weighted by molar-refractivity contribution is 9.10. The van der Waals surface area contributed by atoms with Crippen LogP contribution in [0.3, 0.4) is 0 Å². The number of carbonyl (C=O) groups is 1. The molecule has 1 unspecified atom stereocenters. The smallest absolute Gasteiger partial charge is 0.410 e. The number of rotatable bonds is 5. The molecule has 2 heterocycles. The Balaban J connectivity index is 1.62. The molecule has 2 N–H and O–H groups in total. The van der Waals surface area contributed by atoms with E-state index in [4.69, 9.17) is 16.3 Å². The Hall–Kier alpha value is -1.35. The number of aliphatic imine (C=N–C) groups is 1. The number of β-amino-alcohol motifs (C(OH)–C–C–N with tert-alkyl or cyclic N) is 1. The van der Waals surface area contributed by atoms with E-state index in [2.05, 4.69) is 20.9 Å².